The van der Waals surface area contributed by atoms with E-state index in [-0.39, 0.29) is 17.9 Å². The van der Waals surface area contributed by atoms with Gasteiger partial charge >= 0.3 is 6.03 Å². The van der Waals surface area contributed by atoms with Crippen LogP contribution < -0.4 is 16.0 Å². The maximum Gasteiger partial charge on any atom is 0.317 e. The van der Waals surface area contributed by atoms with E-state index in [2.05, 4.69) is 16.0 Å². The van der Waals surface area contributed by atoms with Crippen LogP contribution in [0.5, 0.6) is 0 Å². The minimum absolute atomic E-state index is 0.0165. The van der Waals surface area contributed by atoms with Crippen LogP contribution in [0.3, 0.4) is 0 Å². The van der Waals surface area contributed by atoms with Gasteiger partial charge in [-0.2, -0.15) is 0 Å². The summed E-state index contributed by atoms with van der Waals surface area (Å²) in [5.74, 6) is -0.0156. The fourth-order valence-corrected chi connectivity index (χ4v) is 3.41. The lowest BCUT2D eigenvalue weighted by Gasteiger charge is -2.31. The van der Waals surface area contributed by atoms with Crippen LogP contribution in [0.1, 0.15) is 25.7 Å². The molecule has 28 heavy (non-hydrogen) atoms. The maximum atomic E-state index is 12.6. The van der Waals surface area contributed by atoms with Gasteiger partial charge in [-0.1, -0.05) is 18.2 Å². The minimum atomic E-state index is -0.0490. The van der Waals surface area contributed by atoms with Gasteiger partial charge in [-0.05, 0) is 62.1 Å². The average Bonchev–Trinajstić information content (AvgIpc) is 3.54. The number of carbonyl (C=O) groups is 2. The number of nitrogens with one attached hydrogen (secondary N) is 3. The van der Waals surface area contributed by atoms with Crippen molar-refractivity contribution in [1.29, 1.82) is 0 Å². The molecule has 0 bridgehead atoms. The monoisotopic (exact) mass is 378 g/mol. The molecular formula is C22H26N4O2. The lowest BCUT2D eigenvalue weighted by atomic mass is 9.96. The fourth-order valence-electron chi connectivity index (χ4n) is 3.41. The molecule has 2 aliphatic rings. The largest absolute Gasteiger partial charge is 0.356 e. The molecule has 6 nitrogen and oxygen atoms in total. The summed E-state index contributed by atoms with van der Waals surface area (Å²) in [5, 5.41) is 9.34. The van der Waals surface area contributed by atoms with Crippen LogP contribution >= 0.6 is 0 Å². The average molecular weight is 378 g/mol. The van der Waals surface area contributed by atoms with Crippen LogP contribution in [0, 0.1) is 5.92 Å². The van der Waals surface area contributed by atoms with Crippen molar-refractivity contribution in [3.8, 4) is 0 Å². The molecule has 1 saturated carbocycles. The molecule has 0 unspecified atom stereocenters. The standard InChI is InChI=1S/C22H26N4O2/c27-21(16-12-14-26(15-13-16)22(28)25-20-10-11-20)24-19-8-6-18(7-9-19)23-17-4-2-1-3-5-17/h1-9,16,20,23H,10-15H2,(H,24,27)(H,25,28). The summed E-state index contributed by atoms with van der Waals surface area (Å²) in [5.41, 5.74) is 2.79. The predicted octanol–water partition coefficient (Wildman–Crippen LogP) is 3.95. The Kier molecular flexibility index (Phi) is 5.46. The molecule has 146 valence electrons. The third-order valence-electron chi connectivity index (χ3n) is 5.27. The smallest absolute Gasteiger partial charge is 0.317 e. The zero-order valence-electron chi connectivity index (χ0n) is 15.9. The van der Waals surface area contributed by atoms with E-state index in [1.165, 1.54) is 0 Å². The molecule has 0 spiro atoms. The highest BCUT2D eigenvalue weighted by Crippen LogP contribution is 2.23. The number of benzene rings is 2. The summed E-state index contributed by atoms with van der Waals surface area (Å²) in [6.45, 7) is 1.27. The molecule has 0 radical (unpaired) electrons. The predicted molar refractivity (Wildman–Crippen MR) is 111 cm³/mol. The minimum Gasteiger partial charge on any atom is -0.356 e. The van der Waals surface area contributed by atoms with Gasteiger partial charge in [0, 0.05) is 42.1 Å². The summed E-state index contributed by atoms with van der Waals surface area (Å²) in [6.07, 6.45) is 3.59. The highest BCUT2D eigenvalue weighted by molar-refractivity contribution is 5.93. The quantitative estimate of drug-likeness (QED) is 0.737. The number of likely N-dealkylation sites (tertiary alicyclic amines) is 1. The van der Waals surface area contributed by atoms with Crippen molar-refractivity contribution in [3.05, 3.63) is 54.6 Å². The van der Waals surface area contributed by atoms with Crippen molar-refractivity contribution in [2.24, 2.45) is 5.92 Å². The Bertz CT molecular complexity index is 810. The van der Waals surface area contributed by atoms with Gasteiger partial charge in [-0.25, -0.2) is 4.79 Å². The van der Waals surface area contributed by atoms with Crippen LogP contribution in [0.2, 0.25) is 0 Å². The van der Waals surface area contributed by atoms with Crippen LogP contribution in [0.4, 0.5) is 21.9 Å². The number of amides is 3. The second kappa shape index (κ2) is 8.33. The number of hydrogen-bond donors (Lipinski definition) is 3. The Balaban J connectivity index is 1.25. The number of rotatable bonds is 5. The molecule has 2 aromatic rings. The van der Waals surface area contributed by atoms with E-state index >= 15 is 0 Å². The maximum absolute atomic E-state index is 12.6. The third kappa shape index (κ3) is 4.82. The summed E-state index contributed by atoms with van der Waals surface area (Å²) in [6, 6.07) is 18.1. The lowest BCUT2D eigenvalue weighted by molar-refractivity contribution is -0.121. The summed E-state index contributed by atoms with van der Waals surface area (Å²) >= 11 is 0. The normalized spacial score (nSPS) is 17.1. The van der Waals surface area contributed by atoms with E-state index in [9.17, 15) is 9.59 Å². The molecule has 3 N–H and O–H groups in total. The van der Waals surface area contributed by atoms with E-state index < -0.39 is 0 Å². The Hall–Kier alpha value is -3.02. The van der Waals surface area contributed by atoms with Gasteiger partial charge in [0.2, 0.25) is 5.91 Å². The summed E-state index contributed by atoms with van der Waals surface area (Å²) < 4.78 is 0. The molecule has 0 aromatic heterocycles. The number of para-hydroxylation sites is 1. The van der Waals surface area contributed by atoms with Crippen molar-refractivity contribution < 1.29 is 9.59 Å². The van der Waals surface area contributed by atoms with Gasteiger partial charge in [0.15, 0.2) is 0 Å². The molecule has 0 atom stereocenters. The number of carbonyl (C=O) groups excluding carboxylic acids is 2. The first-order valence-electron chi connectivity index (χ1n) is 9.96. The van der Waals surface area contributed by atoms with Gasteiger partial charge < -0.3 is 20.9 Å². The van der Waals surface area contributed by atoms with Gasteiger partial charge in [0.1, 0.15) is 0 Å². The molecule has 2 aromatic carbocycles. The topological polar surface area (TPSA) is 73.5 Å². The van der Waals surface area contributed by atoms with Crippen molar-refractivity contribution in [2.45, 2.75) is 31.7 Å². The third-order valence-corrected chi connectivity index (χ3v) is 5.27. The highest BCUT2D eigenvalue weighted by Gasteiger charge is 2.30. The second-order valence-electron chi connectivity index (χ2n) is 7.54. The SMILES string of the molecule is O=C(Nc1ccc(Nc2ccccc2)cc1)C1CCN(C(=O)NC2CC2)CC1. The number of anilines is 3. The molecule has 1 aliphatic carbocycles. The molecule has 4 rings (SSSR count). The molecule has 6 heteroatoms. The van der Waals surface area contributed by atoms with Gasteiger partial charge in [-0.3, -0.25) is 4.79 Å². The lowest BCUT2D eigenvalue weighted by Crippen LogP contribution is -2.46. The van der Waals surface area contributed by atoms with E-state index in [4.69, 9.17) is 0 Å². The van der Waals surface area contributed by atoms with Crippen LogP contribution in [0.15, 0.2) is 54.6 Å². The zero-order chi connectivity index (χ0) is 19.3. The Morgan fingerprint density at radius 1 is 0.786 bits per heavy atom. The van der Waals surface area contributed by atoms with Crippen molar-refractivity contribution in [3.63, 3.8) is 0 Å². The molecule has 1 saturated heterocycles. The number of piperidine rings is 1. The molecule has 1 aliphatic heterocycles. The van der Waals surface area contributed by atoms with E-state index in [1.807, 2.05) is 59.5 Å². The zero-order valence-corrected chi connectivity index (χ0v) is 15.9. The highest BCUT2D eigenvalue weighted by atomic mass is 16.2. The molecular weight excluding hydrogens is 352 g/mol. The number of hydrogen-bond acceptors (Lipinski definition) is 3. The van der Waals surface area contributed by atoms with Crippen LogP contribution in [-0.4, -0.2) is 36.0 Å². The van der Waals surface area contributed by atoms with Crippen molar-refractivity contribution in [1.82, 2.24) is 10.2 Å². The molecule has 2 fully saturated rings. The first-order chi connectivity index (χ1) is 13.7. The first-order valence-corrected chi connectivity index (χ1v) is 9.96. The van der Waals surface area contributed by atoms with Crippen LogP contribution in [-0.2, 0) is 4.79 Å². The number of urea groups is 1. The Labute approximate surface area is 165 Å². The molecule has 3 amide bonds. The fraction of sp³-hybridized carbons (Fsp3) is 0.364. The van der Waals surface area contributed by atoms with E-state index in [0.717, 1.165) is 29.9 Å². The Morgan fingerprint density at radius 2 is 1.39 bits per heavy atom. The number of nitrogens with zero attached hydrogens (tertiary/aromatic N) is 1. The van der Waals surface area contributed by atoms with Crippen molar-refractivity contribution in [2.75, 3.05) is 23.7 Å². The van der Waals surface area contributed by atoms with E-state index in [1.54, 1.807) is 0 Å². The summed E-state index contributed by atoms with van der Waals surface area (Å²) in [4.78, 5) is 26.5. The van der Waals surface area contributed by atoms with Crippen LogP contribution in [0.25, 0.3) is 0 Å². The van der Waals surface area contributed by atoms with Crippen molar-refractivity contribution >= 4 is 29.0 Å². The second-order valence-corrected chi connectivity index (χ2v) is 7.54. The Morgan fingerprint density at radius 3 is 2.04 bits per heavy atom. The van der Waals surface area contributed by atoms with E-state index in [0.29, 0.717) is 32.0 Å². The first kappa shape index (κ1) is 18.3. The molecule has 1 heterocycles. The summed E-state index contributed by atoms with van der Waals surface area (Å²) in [7, 11) is 0. The van der Waals surface area contributed by atoms with Gasteiger partial charge in [-0.15, -0.1) is 0 Å². The van der Waals surface area contributed by atoms with Gasteiger partial charge in [0.05, 0.1) is 0 Å². The van der Waals surface area contributed by atoms with Gasteiger partial charge in [0.25, 0.3) is 0 Å².